The average Bonchev–Trinajstić information content (AvgIpc) is 2.97. The molecule has 0 atom stereocenters. The van der Waals surface area contributed by atoms with Crippen LogP contribution in [0.3, 0.4) is 0 Å². The van der Waals surface area contributed by atoms with Gasteiger partial charge in [-0.15, -0.1) is 11.8 Å². The van der Waals surface area contributed by atoms with Crippen molar-refractivity contribution in [2.45, 2.75) is 4.90 Å². The van der Waals surface area contributed by atoms with Crippen molar-refractivity contribution < 1.29 is 19.3 Å². The van der Waals surface area contributed by atoms with Gasteiger partial charge in [-0.25, -0.2) is 0 Å². The topological polar surface area (TPSA) is 118 Å². The van der Waals surface area contributed by atoms with Gasteiger partial charge < -0.3 is 10.6 Å². The quantitative estimate of drug-likeness (QED) is 0.0644. The number of benzene rings is 4. The minimum atomic E-state index is -0.625. The number of non-ortho nitro benzene ring substituents is 1. The molecule has 2 N–H and O–H groups in total. The minimum Gasteiger partial charge on any atom is -0.321 e. The Balaban J connectivity index is 1.51. The number of carbonyl (C=O) groups is 3. The van der Waals surface area contributed by atoms with Crippen LogP contribution in [0.15, 0.2) is 108 Å². The van der Waals surface area contributed by atoms with Gasteiger partial charge in [-0.1, -0.05) is 65.7 Å². The molecule has 4 rings (SSSR count). The Hall–Kier alpha value is -4.44. The highest BCUT2D eigenvalue weighted by molar-refractivity contribution is 8.00. The van der Waals surface area contributed by atoms with E-state index in [-0.39, 0.29) is 28.5 Å². The van der Waals surface area contributed by atoms with E-state index in [0.717, 1.165) is 0 Å². The monoisotopic (exact) mass is 605 g/mol. The van der Waals surface area contributed by atoms with Gasteiger partial charge in [0.05, 0.1) is 10.7 Å². The highest BCUT2D eigenvalue weighted by atomic mass is 35.5. The number of hydrogen-bond acceptors (Lipinski definition) is 6. The van der Waals surface area contributed by atoms with Crippen LogP contribution < -0.4 is 10.6 Å². The Kier molecular flexibility index (Phi) is 9.91. The first-order chi connectivity index (χ1) is 19.7. The number of anilines is 1. The third-order valence-corrected chi connectivity index (χ3v) is 7.31. The summed E-state index contributed by atoms with van der Waals surface area (Å²) in [5.41, 5.74) is 1.10. The predicted octanol–water partition coefficient (Wildman–Crippen LogP) is 7.29. The summed E-state index contributed by atoms with van der Waals surface area (Å²) >= 11 is 13.8. The molecule has 0 bridgehead atoms. The maximum absolute atomic E-state index is 13.4. The number of rotatable bonds is 10. The molecule has 0 aliphatic rings. The average molecular weight is 606 g/mol. The van der Waals surface area contributed by atoms with E-state index in [1.807, 2.05) is 0 Å². The van der Waals surface area contributed by atoms with Gasteiger partial charge in [0, 0.05) is 49.5 Å². The van der Waals surface area contributed by atoms with Crippen LogP contribution >= 0.6 is 35.0 Å². The highest BCUT2D eigenvalue weighted by Gasteiger charge is 2.17. The Labute approximate surface area is 249 Å². The van der Waals surface area contributed by atoms with Crippen molar-refractivity contribution in [1.29, 1.82) is 0 Å². The third kappa shape index (κ3) is 8.04. The van der Waals surface area contributed by atoms with Crippen molar-refractivity contribution in [1.82, 2.24) is 5.32 Å². The minimum absolute atomic E-state index is 0.0296. The molecule has 206 valence electrons. The summed E-state index contributed by atoms with van der Waals surface area (Å²) in [6.45, 7) is 0. The fourth-order valence-corrected chi connectivity index (χ4v) is 4.98. The van der Waals surface area contributed by atoms with Crippen molar-refractivity contribution in [2.75, 3.05) is 11.1 Å². The van der Waals surface area contributed by atoms with Crippen LogP contribution in [0.1, 0.15) is 26.3 Å². The molecule has 4 aromatic carbocycles. The summed E-state index contributed by atoms with van der Waals surface area (Å²) in [6, 6.07) is 25.6. The smallest absolute Gasteiger partial charge is 0.272 e. The highest BCUT2D eigenvalue weighted by Crippen LogP contribution is 2.27. The van der Waals surface area contributed by atoms with Crippen molar-refractivity contribution in [3.05, 3.63) is 140 Å². The summed E-state index contributed by atoms with van der Waals surface area (Å²) in [5, 5.41) is 17.0. The van der Waals surface area contributed by atoms with E-state index in [4.69, 9.17) is 23.2 Å². The lowest BCUT2D eigenvalue weighted by Gasteiger charge is -2.13. The second-order valence-electron chi connectivity index (χ2n) is 8.51. The van der Waals surface area contributed by atoms with Crippen LogP contribution in [0.5, 0.6) is 0 Å². The molecule has 0 saturated carbocycles. The zero-order chi connectivity index (χ0) is 29.4. The molecule has 0 radical (unpaired) electrons. The molecule has 0 saturated heterocycles. The summed E-state index contributed by atoms with van der Waals surface area (Å²) in [7, 11) is 0. The van der Waals surface area contributed by atoms with E-state index in [1.54, 1.807) is 72.8 Å². The summed E-state index contributed by atoms with van der Waals surface area (Å²) in [4.78, 5) is 50.0. The van der Waals surface area contributed by atoms with Gasteiger partial charge in [-0.3, -0.25) is 24.5 Å². The van der Waals surface area contributed by atoms with E-state index in [0.29, 0.717) is 31.8 Å². The number of Topliss-reactive ketones (excluding diaryl/α,β-unsaturated/α-hetero) is 1. The molecule has 0 unspecified atom stereocenters. The molecule has 0 aliphatic heterocycles. The SMILES string of the molecule is O=C(Nc1cccc(SCC(=O)c2cccc([N+](=O)[O-])c2)c1)/C(=C/c1c(Cl)cccc1Cl)NC(=O)c1ccccc1. The molecular weight excluding hydrogens is 585 g/mol. The Bertz CT molecular complexity index is 1640. The number of nitro benzene ring substituents is 1. The first kappa shape index (κ1) is 29.5. The van der Waals surface area contributed by atoms with Crippen molar-refractivity contribution in [3.8, 4) is 0 Å². The summed E-state index contributed by atoms with van der Waals surface area (Å²) in [6.07, 6.45) is 1.40. The fraction of sp³-hybridized carbons (Fsp3) is 0.0333. The molecule has 11 heteroatoms. The fourth-order valence-electron chi connectivity index (χ4n) is 3.62. The van der Waals surface area contributed by atoms with E-state index in [2.05, 4.69) is 10.6 Å². The predicted molar refractivity (Wildman–Crippen MR) is 162 cm³/mol. The first-order valence-electron chi connectivity index (χ1n) is 12.1. The first-order valence-corrected chi connectivity index (χ1v) is 13.8. The normalized spacial score (nSPS) is 11.0. The molecular formula is C30H21Cl2N3O5S. The van der Waals surface area contributed by atoms with E-state index in [1.165, 1.54) is 42.1 Å². The lowest BCUT2D eigenvalue weighted by Crippen LogP contribution is -2.30. The van der Waals surface area contributed by atoms with E-state index in [9.17, 15) is 24.5 Å². The molecule has 0 heterocycles. The lowest BCUT2D eigenvalue weighted by atomic mass is 10.1. The van der Waals surface area contributed by atoms with Gasteiger partial charge in [-0.2, -0.15) is 0 Å². The zero-order valence-corrected chi connectivity index (χ0v) is 23.5. The Morgan fingerprint density at radius 3 is 2.20 bits per heavy atom. The van der Waals surface area contributed by atoms with Gasteiger partial charge in [0.1, 0.15) is 5.70 Å². The molecule has 2 amide bonds. The van der Waals surface area contributed by atoms with E-state index < -0.39 is 16.7 Å². The van der Waals surface area contributed by atoms with Crippen LogP contribution in [-0.4, -0.2) is 28.3 Å². The van der Waals surface area contributed by atoms with Gasteiger partial charge in [0.15, 0.2) is 5.78 Å². The maximum atomic E-state index is 13.4. The number of amides is 2. The van der Waals surface area contributed by atoms with Gasteiger partial charge in [-0.05, 0) is 48.5 Å². The van der Waals surface area contributed by atoms with Crippen molar-refractivity contribution in [2.24, 2.45) is 0 Å². The lowest BCUT2D eigenvalue weighted by molar-refractivity contribution is -0.384. The number of nitrogens with one attached hydrogen (secondary N) is 2. The van der Waals surface area contributed by atoms with Gasteiger partial charge >= 0.3 is 0 Å². The Morgan fingerprint density at radius 2 is 1.49 bits per heavy atom. The number of nitro groups is 1. The second-order valence-corrected chi connectivity index (χ2v) is 10.4. The summed E-state index contributed by atoms with van der Waals surface area (Å²) in [5.74, 6) is -1.38. The standard InChI is InChI=1S/C30H21Cl2N3O5S/c31-25-13-6-14-26(32)24(25)17-27(34-29(37)19-7-2-1-3-8-19)30(38)33-21-10-5-12-23(16-21)41-18-28(36)20-9-4-11-22(15-20)35(39)40/h1-17H,18H2,(H,33,38)(H,34,37)/b27-17-. The Morgan fingerprint density at radius 1 is 0.829 bits per heavy atom. The molecule has 0 aromatic heterocycles. The van der Waals surface area contributed by atoms with E-state index >= 15 is 0 Å². The number of thioether (sulfide) groups is 1. The number of hydrogen-bond donors (Lipinski definition) is 2. The molecule has 41 heavy (non-hydrogen) atoms. The number of ketones is 1. The maximum Gasteiger partial charge on any atom is 0.272 e. The number of nitrogens with zero attached hydrogens (tertiary/aromatic N) is 1. The summed E-state index contributed by atoms with van der Waals surface area (Å²) < 4.78 is 0. The molecule has 8 nitrogen and oxygen atoms in total. The van der Waals surface area contributed by atoms with Gasteiger partial charge in [0.2, 0.25) is 0 Å². The number of halogens is 2. The van der Waals surface area contributed by atoms with Crippen LogP contribution in [0.25, 0.3) is 6.08 Å². The van der Waals surface area contributed by atoms with Crippen LogP contribution in [0.4, 0.5) is 11.4 Å². The van der Waals surface area contributed by atoms with Gasteiger partial charge in [0.25, 0.3) is 17.5 Å². The molecule has 0 fully saturated rings. The number of carbonyl (C=O) groups excluding carboxylic acids is 3. The molecule has 4 aromatic rings. The molecule has 0 aliphatic carbocycles. The van der Waals surface area contributed by atoms with Crippen molar-refractivity contribution >= 4 is 70.0 Å². The zero-order valence-electron chi connectivity index (χ0n) is 21.2. The van der Waals surface area contributed by atoms with Crippen LogP contribution in [-0.2, 0) is 4.79 Å². The van der Waals surface area contributed by atoms with Crippen LogP contribution in [0.2, 0.25) is 10.0 Å². The largest absolute Gasteiger partial charge is 0.321 e. The third-order valence-electron chi connectivity index (χ3n) is 5.66. The molecule has 0 spiro atoms. The second kappa shape index (κ2) is 13.8. The van der Waals surface area contributed by atoms with Crippen molar-refractivity contribution in [3.63, 3.8) is 0 Å². The van der Waals surface area contributed by atoms with Crippen LogP contribution in [0, 0.1) is 10.1 Å².